The number of halogens is 1. The van der Waals surface area contributed by atoms with Gasteiger partial charge in [-0.25, -0.2) is 4.39 Å². The van der Waals surface area contributed by atoms with Crippen LogP contribution in [0.4, 0.5) is 15.8 Å². The number of nitrogens with zero attached hydrogens (tertiary/aromatic N) is 4. The Balaban J connectivity index is 1.30. The van der Waals surface area contributed by atoms with Crippen molar-refractivity contribution in [3.05, 3.63) is 95.8 Å². The van der Waals surface area contributed by atoms with Gasteiger partial charge >= 0.3 is 0 Å². The maximum absolute atomic E-state index is 13.0. The van der Waals surface area contributed by atoms with Crippen LogP contribution in [0.3, 0.4) is 0 Å². The first-order chi connectivity index (χ1) is 14.5. The van der Waals surface area contributed by atoms with Crippen LogP contribution in [-0.2, 0) is 13.1 Å². The molecule has 2 aromatic carbocycles. The zero-order valence-electron chi connectivity index (χ0n) is 16.4. The van der Waals surface area contributed by atoms with Gasteiger partial charge in [-0.15, -0.1) is 0 Å². The number of benzene rings is 2. The van der Waals surface area contributed by atoms with E-state index < -0.39 is 0 Å². The minimum Gasteiger partial charge on any atom is -0.330 e. The van der Waals surface area contributed by atoms with Crippen LogP contribution in [-0.4, -0.2) is 24.7 Å². The topological polar surface area (TPSA) is 59.7 Å². The third-order valence-electron chi connectivity index (χ3n) is 4.51. The van der Waals surface area contributed by atoms with Gasteiger partial charge in [-0.1, -0.05) is 42.0 Å². The van der Waals surface area contributed by atoms with E-state index in [2.05, 4.69) is 52.0 Å². The van der Waals surface area contributed by atoms with Crippen molar-refractivity contribution >= 4 is 28.7 Å². The molecule has 0 saturated heterocycles. The Hall–Kier alpha value is -3.52. The van der Waals surface area contributed by atoms with Crippen LogP contribution < -0.4 is 10.6 Å². The molecular weight excluding hydrogens is 399 g/mol. The standard InChI is InChI=1S/C22H21FN6S/c1-16-2-4-17(5-3-16)12-28-14-20(10-24-28)26-22(30)27-21-11-25-29(15-21)13-18-6-8-19(23)9-7-18/h2-11,14-15H,12-13H2,1H3,(H2,26,27,30). The molecule has 2 aromatic heterocycles. The fourth-order valence-corrected chi connectivity index (χ4v) is 3.22. The van der Waals surface area contributed by atoms with Gasteiger partial charge in [0.1, 0.15) is 5.82 Å². The molecule has 4 rings (SSSR count). The maximum Gasteiger partial charge on any atom is 0.175 e. The number of anilines is 2. The van der Waals surface area contributed by atoms with Gasteiger partial charge < -0.3 is 10.6 Å². The lowest BCUT2D eigenvalue weighted by molar-refractivity contribution is 0.624. The zero-order chi connectivity index (χ0) is 20.9. The van der Waals surface area contributed by atoms with E-state index in [1.165, 1.54) is 23.3 Å². The van der Waals surface area contributed by atoms with E-state index in [9.17, 15) is 4.39 Å². The quantitative estimate of drug-likeness (QED) is 0.452. The molecule has 6 nitrogen and oxygen atoms in total. The van der Waals surface area contributed by atoms with E-state index >= 15 is 0 Å². The van der Waals surface area contributed by atoms with E-state index in [0.717, 1.165) is 16.9 Å². The minimum atomic E-state index is -0.250. The van der Waals surface area contributed by atoms with Crippen molar-refractivity contribution in [1.29, 1.82) is 0 Å². The number of thiocarbonyl (C=S) groups is 1. The number of aryl methyl sites for hydroxylation is 1. The van der Waals surface area contributed by atoms with Crippen LogP contribution in [0.15, 0.2) is 73.3 Å². The lowest BCUT2D eigenvalue weighted by atomic mass is 10.1. The second-order valence-electron chi connectivity index (χ2n) is 7.04. The molecule has 0 aliphatic heterocycles. The fourth-order valence-electron chi connectivity index (χ4n) is 2.98. The minimum absolute atomic E-state index is 0.250. The number of rotatable bonds is 6. The van der Waals surface area contributed by atoms with Crippen molar-refractivity contribution in [1.82, 2.24) is 19.6 Å². The van der Waals surface area contributed by atoms with Crippen molar-refractivity contribution in [3.8, 4) is 0 Å². The lowest BCUT2D eigenvalue weighted by Crippen LogP contribution is -2.18. The van der Waals surface area contributed by atoms with E-state index in [4.69, 9.17) is 12.2 Å². The molecule has 0 unspecified atom stereocenters. The molecule has 4 aromatic rings. The molecule has 0 spiro atoms. The summed E-state index contributed by atoms with van der Waals surface area (Å²) in [6.07, 6.45) is 7.18. The highest BCUT2D eigenvalue weighted by atomic mass is 32.1. The highest BCUT2D eigenvalue weighted by molar-refractivity contribution is 7.80. The smallest absolute Gasteiger partial charge is 0.175 e. The van der Waals surface area contributed by atoms with Crippen molar-refractivity contribution in [2.24, 2.45) is 0 Å². The Labute approximate surface area is 179 Å². The number of aromatic nitrogens is 4. The van der Waals surface area contributed by atoms with Gasteiger partial charge in [-0.3, -0.25) is 9.36 Å². The average Bonchev–Trinajstić information content (AvgIpc) is 3.35. The molecule has 0 bridgehead atoms. The van der Waals surface area contributed by atoms with Gasteiger partial charge in [0.15, 0.2) is 5.11 Å². The summed E-state index contributed by atoms with van der Waals surface area (Å²) in [5.74, 6) is -0.250. The Morgan fingerprint density at radius 2 is 1.30 bits per heavy atom. The zero-order valence-corrected chi connectivity index (χ0v) is 17.2. The van der Waals surface area contributed by atoms with Crippen molar-refractivity contribution < 1.29 is 4.39 Å². The first-order valence-corrected chi connectivity index (χ1v) is 9.87. The lowest BCUT2D eigenvalue weighted by Gasteiger charge is -2.06. The summed E-state index contributed by atoms with van der Waals surface area (Å²) in [6.45, 7) is 3.31. The summed E-state index contributed by atoms with van der Waals surface area (Å²) in [5.41, 5.74) is 4.95. The molecule has 0 aliphatic rings. The van der Waals surface area contributed by atoms with Gasteiger partial charge in [0.25, 0.3) is 0 Å². The van der Waals surface area contributed by atoms with Crippen LogP contribution in [0.25, 0.3) is 0 Å². The van der Waals surface area contributed by atoms with E-state index in [-0.39, 0.29) is 5.82 Å². The Morgan fingerprint density at radius 1 is 0.833 bits per heavy atom. The molecule has 2 N–H and O–H groups in total. The van der Waals surface area contributed by atoms with E-state index in [0.29, 0.717) is 18.2 Å². The van der Waals surface area contributed by atoms with Crippen molar-refractivity contribution in [3.63, 3.8) is 0 Å². The van der Waals surface area contributed by atoms with E-state index in [1.807, 2.05) is 17.1 Å². The normalized spacial score (nSPS) is 10.7. The average molecular weight is 421 g/mol. The number of hydrogen-bond acceptors (Lipinski definition) is 3. The molecule has 8 heteroatoms. The summed E-state index contributed by atoms with van der Waals surface area (Å²) < 4.78 is 16.6. The van der Waals surface area contributed by atoms with Crippen molar-refractivity contribution in [2.45, 2.75) is 20.0 Å². The molecular formula is C22H21FN6S. The third-order valence-corrected chi connectivity index (χ3v) is 4.71. The Morgan fingerprint density at radius 3 is 1.80 bits per heavy atom. The first kappa shape index (κ1) is 19.8. The largest absolute Gasteiger partial charge is 0.330 e. The summed E-state index contributed by atoms with van der Waals surface area (Å²) in [7, 11) is 0. The molecule has 0 atom stereocenters. The molecule has 2 heterocycles. The second kappa shape index (κ2) is 8.87. The van der Waals surface area contributed by atoms with E-state index in [1.54, 1.807) is 29.2 Å². The molecule has 0 aliphatic carbocycles. The van der Waals surface area contributed by atoms with Crippen molar-refractivity contribution in [2.75, 3.05) is 10.6 Å². The Kier molecular flexibility index (Phi) is 5.85. The molecule has 152 valence electrons. The SMILES string of the molecule is Cc1ccc(Cn2cc(NC(=S)Nc3cnn(Cc4ccc(F)cc4)c3)cn2)cc1. The van der Waals surface area contributed by atoms with Gasteiger partial charge in [0.2, 0.25) is 0 Å². The Bertz CT molecular complexity index is 1040. The monoisotopic (exact) mass is 420 g/mol. The van der Waals surface area contributed by atoms with Crippen LogP contribution in [0.5, 0.6) is 0 Å². The third kappa shape index (κ3) is 5.30. The molecule has 0 saturated carbocycles. The highest BCUT2D eigenvalue weighted by Gasteiger charge is 2.05. The second-order valence-corrected chi connectivity index (χ2v) is 7.45. The molecule has 0 radical (unpaired) electrons. The summed E-state index contributed by atoms with van der Waals surface area (Å²) >= 11 is 5.39. The van der Waals surface area contributed by atoms with Crippen LogP contribution in [0.2, 0.25) is 0 Å². The molecule has 0 amide bonds. The van der Waals surface area contributed by atoms with Gasteiger partial charge in [-0.05, 0) is 42.4 Å². The molecule has 30 heavy (non-hydrogen) atoms. The number of hydrogen-bond donors (Lipinski definition) is 2. The summed E-state index contributed by atoms with van der Waals surface area (Å²) in [5, 5.41) is 15.4. The van der Waals surface area contributed by atoms with Gasteiger partial charge in [0, 0.05) is 12.4 Å². The number of nitrogens with one attached hydrogen (secondary N) is 2. The maximum atomic E-state index is 13.0. The van der Waals surface area contributed by atoms with Crippen LogP contribution in [0.1, 0.15) is 16.7 Å². The summed E-state index contributed by atoms with van der Waals surface area (Å²) in [6, 6.07) is 14.7. The van der Waals surface area contributed by atoms with Crippen LogP contribution in [0, 0.1) is 12.7 Å². The molecule has 0 fully saturated rings. The predicted octanol–water partition coefficient (Wildman–Crippen LogP) is 4.43. The first-order valence-electron chi connectivity index (χ1n) is 9.46. The highest BCUT2D eigenvalue weighted by Crippen LogP contribution is 2.12. The fraction of sp³-hybridized carbons (Fsp3) is 0.136. The summed E-state index contributed by atoms with van der Waals surface area (Å²) in [4.78, 5) is 0. The van der Waals surface area contributed by atoms with Gasteiger partial charge in [-0.2, -0.15) is 10.2 Å². The van der Waals surface area contributed by atoms with Crippen LogP contribution >= 0.6 is 12.2 Å². The predicted molar refractivity (Wildman–Crippen MR) is 120 cm³/mol. The van der Waals surface area contributed by atoms with Gasteiger partial charge in [0.05, 0.1) is 36.9 Å².